The van der Waals surface area contributed by atoms with Crippen molar-refractivity contribution in [3.8, 4) is 0 Å². The molecule has 134 valence electrons. The number of thiophene rings is 1. The first-order valence-corrected chi connectivity index (χ1v) is 10.1. The third-order valence-electron chi connectivity index (χ3n) is 5.57. The molecule has 0 aromatic carbocycles. The number of hydrogen-bond acceptors (Lipinski definition) is 4. The summed E-state index contributed by atoms with van der Waals surface area (Å²) in [6.07, 6.45) is 5.66. The van der Waals surface area contributed by atoms with Crippen LogP contribution in [0.25, 0.3) is 0 Å². The predicted octanol–water partition coefficient (Wildman–Crippen LogP) is 3.02. The molecule has 0 radical (unpaired) electrons. The van der Waals surface area contributed by atoms with Gasteiger partial charge in [-0.2, -0.15) is 5.10 Å². The van der Waals surface area contributed by atoms with E-state index in [1.54, 1.807) is 11.3 Å². The van der Waals surface area contributed by atoms with Crippen LogP contribution in [0.2, 0.25) is 0 Å². The van der Waals surface area contributed by atoms with Crippen molar-refractivity contribution in [2.45, 2.75) is 57.3 Å². The van der Waals surface area contributed by atoms with Crippen molar-refractivity contribution in [1.82, 2.24) is 19.6 Å². The zero-order valence-corrected chi connectivity index (χ0v) is 15.8. The lowest BCUT2D eigenvalue weighted by molar-refractivity contribution is 0.0659. The summed E-state index contributed by atoms with van der Waals surface area (Å²) in [5.74, 6) is 0.101. The van der Waals surface area contributed by atoms with E-state index in [9.17, 15) is 4.79 Å². The maximum atomic E-state index is 13.2. The Kier molecular flexibility index (Phi) is 4.65. The van der Waals surface area contributed by atoms with Gasteiger partial charge in [0, 0.05) is 29.1 Å². The first kappa shape index (κ1) is 16.8. The Bertz CT molecular complexity index is 707. The first-order valence-electron chi connectivity index (χ1n) is 9.18. The molecular formula is C19H26N4OS. The summed E-state index contributed by atoms with van der Waals surface area (Å²) in [6, 6.07) is 7.05. The second-order valence-corrected chi connectivity index (χ2v) is 8.51. The fraction of sp³-hybridized carbons (Fsp3) is 0.579. The molecule has 2 aromatic rings. The number of fused-ring (bicyclic) bond motifs is 1. The van der Waals surface area contributed by atoms with Gasteiger partial charge in [0.1, 0.15) is 0 Å². The van der Waals surface area contributed by atoms with Crippen LogP contribution in [0, 0.1) is 0 Å². The van der Waals surface area contributed by atoms with Crippen molar-refractivity contribution >= 4 is 17.2 Å². The van der Waals surface area contributed by atoms with Crippen molar-refractivity contribution in [3.63, 3.8) is 0 Å². The lowest BCUT2D eigenvalue weighted by atomic mass is 10.1. The first-order chi connectivity index (χ1) is 12.1. The van der Waals surface area contributed by atoms with Crippen molar-refractivity contribution in [2.75, 3.05) is 14.1 Å². The van der Waals surface area contributed by atoms with E-state index in [1.165, 1.54) is 23.4 Å². The molecule has 1 amide bonds. The minimum Gasteiger partial charge on any atom is -0.329 e. The standard InChI is InChI=1S/C19H26N4OS/c1-21(2)16-10-15-11-18(20-23(15)12-16)19(24)22(14-6-3-4-7-14)13-17-8-5-9-25-17/h5,8-9,11,14,16H,3-4,6-7,10,12-13H2,1-2H3/t16-/m0/s1. The number of carbonyl (C=O) groups is 1. The van der Waals surface area contributed by atoms with E-state index in [0.717, 1.165) is 25.8 Å². The molecule has 0 N–H and O–H groups in total. The Morgan fingerprint density at radius 2 is 2.12 bits per heavy atom. The third-order valence-corrected chi connectivity index (χ3v) is 6.43. The lowest BCUT2D eigenvalue weighted by Crippen LogP contribution is -2.38. The van der Waals surface area contributed by atoms with Gasteiger partial charge in [-0.25, -0.2) is 0 Å². The van der Waals surface area contributed by atoms with Gasteiger partial charge in [0.05, 0.1) is 13.1 Å². The summed E-state index contributed by atoms with van der Waals surface area (Å²) in [7, 11) is 4.21. The van der Waals surface area contributed by atoms with Crippen molar-refractivity contribution in [3.05, 3.63) is 39.8 Å². The average molecular weight is 359 g/mol. The topological polar surface area (TPSA) is 41.4 Å². The summed E-state index contributed by atoms with van der Waals surface area (Å²) in [5.41, 5.74) is 1.81. The largest absolute Gasteiger partial charge is 0.329 e. The summed E-state index contributed by atoms with van der Waals surface area (Å²) in [5, 5.41) is 6.73. The smallest absolute Gasteiger partial charge is 0.274 e. The Morgan fingerprint density at radius 3 is 2.76 bits per heavy atom. The number of amides is 1. The van der Waals surface area contributed by atoms with Gasteiger partial charge in [-0.15, -0.1) is 11.3 Å². The maximum absolute atomic E-state index is 13.2. The molecule has 2 aromatic heterocycles. The van der Waals surface area contributed by atoms with Crippen LogP contribution in [0.5, 0.6) is 0 Å². The molecule has 25 heavy (non-hydrogen) atoms. The molecule has 1 aliphatic carbocycles. The molecule has 0 saturated heterocycles. The monoisotopic (exact) mass is 358 g/mol. The molecule has 1 saturated carbocycles. The molecule has 5 nitrogen and oxygen atoms in total. The van der Waals surface area contributed by atoms with Crippen molar-refractivity contribution < 1.29 is 4.79 Å². The maximum Gasteiger partial charge on any atom is 0.274 e. The van der Waals surface area contributed by atoms with Gasteiger partial charge >= 0.3 is 0 Å². The summed E-state index contributed by atoms with van der Waals surface area (Å²) in [6.45, 7) is 1.59. The van der Waals surface area contributed by atoms with Crippen LogP contribution in [0.3, 0.4) is 0 Å². The molecule has 4 rings (SSSR count). The van der Waals surface area contributed by atoms with Gasteiger partial charge in [0.25, 0.3) is 5.91 Å². The SMILES string of the molecule is CN(C)[C@H]1Cc2cc(C(=O)N(Cc3cccs3)C3CCCC3)nn2C1. The summed E-state index contributed by atoms with van der Waals surface area (Å²) in [4.78, 5) is 18.8. The number of rotatable bonds is 5. The van der Waals surface area contributed by atoms with E-state index in [0.29, 0.717) is 24.3 Å². The molecule has 0 bridgehead atoms. The number of hydrogen-bond donors (Lipinski definition) is 0. The minimum absolute atomic E-state index is 0.101. The van der Waals surface area contributed by atoms with Crippen LogP contribution in [-0.2, 0) is 19.5 Å². The second kappa shape index (κ2) is 6.92. The van der Waals surface area contributed by atoms with Crippen molar-refractivity contribution in [2.24, 2.45) is 0 Å². The van der Waals surface area contributed by atoms with Gasteiger partial charge in [0.2, 0.25) is 0 Å². The molecule has 0 spiro atoms. The van der Waals surface area contributed by atoms with E-state index in [1.807, 2.05) is 10.7 Å². The van der Waals surface area contributed by atoms with Crippen LogP contribution in [0.15, 0.2) is 23.6 Å². The zero-order valence-electron chi connectivity index (χ0n) is 15.0. The van der Waals surface area contributed by atoms with Gasteiger partial charge in [-0.1, -0.05) is 18.9 Å². The molecule has 3 heterocycles. The molecule has 1 atom stereocenters. The quantitative estimate of drug-likeness (QED) is 0.825. The van der Waals surface area contributed by atoms with Crippen LogP contribution >= 0.6 is 11.3 Å². The van der Waals surface area contributed by atoms with E-state index in [4.69, 9.17) is 0 Å². The highest BCUT2D eigenvalue weighted by Crippen LogP contribution is 2.28. The van der Waals surface area contributed by atoms with Crippen LogP contribution < -0.4 is 0 Å². The second-order valence-electron chi connectivity index (χ2n) is 7.48. The van der Waals surface area contributed by atoms with Crippen molar-refractivity contribution in [1.29, 1.82) is 0 Å². The van der Waals surface area contributed by atoms with E-state index >= 15 is 0 Å². The highest BCUT2D eigenvalue weighted by molar-refractivity contribution is 7.09. The molecule has 2 aliphatic rings. The highest BCUT2D eigenvalue weighted by Gasteiger charge is 2.32. The number of aromatic nitrogens is 2. The van der Waals surface area contributed by atoms with Gasteiger partial charge in [-0.05, 0) is 44.4 Å². The van der Waals surface area contributed by atoms with Crippen LogP contribution in [0.1, 0.15) is 46.7 Å². The van der Waals surface area contributed by atoms with Crippen LogP contribution in [-0.4, -0.2) is 51.7 Å². The Balaban J connectivity index is 1.54. The predicted molar refractivity (Wildman–Crippen MR) is 99.9 cm³/mol. The van der Waals surface area contributed by atoms with E-state index in [-0.39, 0.29) is 5.91 Å². The minimum atomic E-state index is 0.101. The number of nitrogens with zero attached hydrogens (tertiary/aromatic N) is 4. The van der Waals surface area contributed by atoms with Crippen LogP contribution in [0.4, 0.5) is 0 Å². The summed E-state index contributed by atoms with van der Waals surface area (Å²) >= 11 is 1.73. The average Bonchev–Trinajstić information content (AvgIpc) is 3.35. The van der Waals surface area contributed by atoms with Gasteiger partial charge < -0.3 is 9.80 Å². The van der Waals surface area contributed by atoms with E-state index < -0.39 is 0 Å². The Hall–Kier alpha value is -1.66. The molecule has 1 fully saturated rings. The highest BCUT2D eigenvalue weighted by atomic mass is 32.1. The molecule has 1 aliphatic heterocycles. The molecule has 0 unspecified atom stereocenters. The molecule has 6 heteroatoms. The Morgan fingerprint density at radius 1 is 1.32 bits per heavy atom. The Labute approximate surface area is 153 Å². The number of likely N-dealkylation sites (N-methyl/N-ethyl adjacent to an activating group) is 1. The third kappa shape index (κ3) is 3.37. The lowest BCUT2D eigenvalue weighted by Gasteiger charge is -2.28. The van der Waals surface area contributed by atoms with E-state index in [2.05, 4.69) is 46.5 Å². The fourth-order valence-corrected chi connectivity index (χ4v) is 4.74. The molecular weight excluding hydrogens is 332 g/mol. The van der Waals surface area contributed by atoms with Gasteiger partial charge in [-0.3, -0.25) is 9.48 Å². The fourth-order valence-electron chi connectivity index (χ4n) is 4.03. The zero-order chi connectivity index (χ0) is 17.4. The summed E-state index contributed by atoms with van der Waals surface area (Å²) < 4.78 is 2.02. The number of carbonyl (C=O) groups excluding carboxylic acids is 1. The van der Waals surface area contributed by atoms with Gasteiger partial charge in [0.15, 0.2) is 5.69 Å². The normalized spacial score (nSPS) is 20.4.